The third-order valence-corrected chi connectivity index (χ3v) is 5.40. The van der Waals surface area contributed by atoms with Crippen LogP contribution in [0.5, 0.6) is 11.5 Å². The zero-order valence-corrected chi connectivity index (χ0v) is 20.4. The standard InChI is InChI=1S/C27H25N7O3/c1-3-36-23-12-10-21(16-24(23)37-4-2)30-27(35)29-20-9-5-7-18(15-20)22-11-13-25-31-32-26(34(25)33-22)19-8-6-14-28-17-19/h5-17H,3-4H2,1-2H3,(H2,29,30,35). The van der Waals surface area contributed by atoms with Crippen LogP contribution in [0, 0.1) is 0 Å². The molecule has 2 N–H and O–H groups in total. The molecule has 10 heteroatoms. The van der Waals surface area contributed by atoms with E-state index in [1.54, 1.807) is 35.1 Å². The summed E-state index contributed by atoms with van der Waals surface area (Å²) in [6, 6.07) is 19.8. The summed E-state index contributed by atoms with van der Waals surface area (Å²) < 4.78 is 12.9. The molecule has 0 aliphatic rings. The average Bonchev–Trinajstić information content (AvgIpc) is 3.34. The predicted molar refractivity (Wildman–Crippen MR) is 141 cm³/mol. The second-order valence-corrected chi connectivity index (χ2v) is 7.94. The average molecular weight is 496 g/mol. The number of nitrogens with zero attached hydrogens (tertiary/aromatic N) is 5. The van der Waals surface area contributed by atoms with E-state index >= 15 is 0 Å². The van der Waals surface area contributed by atoms with Gasteiger partial charge < -0.3 is 20.1 Å². The van der Waals surface area contributed by atoms with E-state index in [-0.39, 0.29) is 6.03 Å². The van der Waals surface area contributed by atoms with Gasteiger partial charge >= 0.3 is 6.03 Å². The van der Waals surface area contributed by atoms with E-state index in [4.69, 9.17) is 14.6 Å². The van der Waals surface area contributed by atoms with Crippen molar-refractivity contribution in [2.45, 2.75) is 13.8 Å². The number of pyridine rings is 1. The highest BCUT2D eigenvalue weighted by Gasteiger charge is 2.12. The number of fused-ring (bicyclic) bond motifs is 1. The zero-order valence-electron chi connectivity index (χ0n) is 20.4. The fraction of sp³-hybridized carbons (Fsp3) is 0.148. The van der Waals surface area contributed by atoms with Crippen LogP contribution in [-0.2, 0) is 0 Å². The second kappa shape index (κ2) is 10.7. The van der Waals surface area contributed by atoms with Crippen molar-refractivity contribution in [1.29, 1.82) is 0 Å². The first-order valence-electron chi connectivity index (χ1n) is 11.9. The van der Waals surface area contributed by atoms with Crippen LogP contribution in [0.1, 0.15) is 13.8 Å². The molecular weight excluding hydrogens is 470 g/mol. The first-order chi connectivity index (χ1) is 18.1. The summed E-state index contributed by atoms with van der Waals surface area (Å²) in [5, 5.41) is 18.9. The summed E-state index contributed by atoms with van der Waals surface area (Å²) in [5.41, 5.74) is 4.17. The van der Waals surface area contributed by atoms with Crippen LogP contribution < -0.4 is 20.1 Å². The first-order valence-corrected chi connectivity index (χ1v) is 11.9. The molecule has 0 unspecified atom stereocenters. The van der Waals surface area contributed by atoms with Crippen LogP contribution in [-0.4, -0.2) is 44.0 Å². The summed E-state index contributed by atoms with van der Waals surface area (Å²) in [7, 11) is 0. The van der Waals surface area contributed by atoms with Gasteiger partial charge in [-0.15, -0.1) is 10.2 Å². The smallest absolute Gasteiger partial charge is 0.323 e. The van der Waals surface area contributed by atoms with E-state index < -0.39 is 0 Å². The normalized spacial score (nSPS) is 10.8. The highest BCUT2D eigenvalue weighted by Crippen LogP contribution is 2.31. The molecule has 0 radical (unpaired) electrons. The number of nitrogens with one attached hydrogen (secondary N) is 2. The molecule has 0 atom stereocenters. The number of hydrogen-bond acceptors (Lipinski definition) is 7. The van der Waals surface area contributed by atoms with Crippen molar-refractivity contribution in [3.05, 3.63) is 79.1 Å². The van der Waals surface area contributed by atoms with Crippen LogP contribution in [0.15, 0.2) is 79.1 Å². The molecule has 0 fully saturated rings. The molecule has 2 amide bonds. The Bertz CT molecular complexity index is 1540. The lowest BCUT2D eigenvalue weighted by Gasteiger charge is -2.13. The Morgan fingerprint density at radius 3 is 2.41 bits per heavy atom. The molecule has 37 heavy (non-hydrogen) atoms. The Morgan fingerprint density at radius 2 is 1.62 bits per heavy atom. The molecule has 0 aliphatic heterocycles. The molecule has 0 aliphatic carbocycles. The third-order valence-electron chi connectivity index (χ3n) is 5.40. The Balaban J connectivity index is 1.34. The molecule has 10 nitrogen and oxygen atoms in total. The minimum Gasteiger partial charge on any atom is -0.490 e. The van der Waals surface area contributed by atoms with Crippen LogP contribution in [0.3, 0.4) is 0 Å². The molecule has 186 valence electrons. The van der Waals surface area contributed by atoms with Gasteiger partial charge in [0, 0.05) is 41.0 Å². The Morgan fingerprint density at radius 1 is 0.838 bits per heavy atom. The summed E-state index contributed by atoms with van der Waals surface area (Å²) in [6.07, 6.45) is 3.42. The number of anilines is 2. The van der Waals surface area contributed by atoms with E-state index in [2.05, 4.69) is 25.8 Å². The maximum atomic E-state index is 12.7. The number of carbonyl (C=O) groups excluding carboxylic acids is 1. The number of rotatable bonds is 8. The number of amides is 2. The van der Waals surface area contributed by atoms with Crippen molar-refractivity contribution >= 4 is 23.1 Å². The molecular formula is C27H25N7O3. The van der Waals surface area contributed by atoms with E-state index in [0.29, 0.717) is 53.3 Å². The molecule has 0 spiro atoms. The zero-order chi connectivity index (χ0) is 25.6. The molecule has 3 heterocycles. The minimum atomic E-state index is -0.384. The van der Waals surface area contributed by atoms with Crippen molar-refractivity contribution in [2.75, 3.05) is 23.8 Å². The van der Waals surface area contributed by atoms with Gasteiger partial charge in [-0.3, -0.25) is 4.98 Å². The lowest BCUT2D eigenvalue weighted by atomic mass is 10.1. The van der Waals surface area contributed by atoms with Crippen molar-refractivity contribution in [2.24, 2.45) is 0 Å². The largest absolute Gasteiger partial charge is 0.490 e. The topological polar surface area (TPSA) is 116 Å². The second-order valence-electron chi connectivity index (χ2n) is 7.94. The number of benzene rings is 2. The quantitative estimate of drug-likeness (QED) is 0.300. The SMILES string of the molecule is CCOc1ccc(NC(=O)Nc2cccc(-c3ccc4nnc(-c5cccnc5)n4n3)c2)cc1OCC. The van der Waals surface area contributed by atoms with Crippen LogP contribution in [0.25, 0.3) is 28.3 Å². The number of ether oxygens (including phenoxy) is 2. The van der Waals surface area contributed by atoms with Gasteiger partial charge in [-0.1, -0.05) is 12.1 Å². The molecule has 5 rings (SSSR count). The maximum absolute atomic E-state index is 12.7. The summed E-state index contributed by atoms with van der Waals surface area (Å²) in [5.74, 6) is 1.80. The number of carbonyl (C=O) groups is 1. The summed E-state index contributed by atoms with van der Waals surface area (Å²) in [4.78, 5) is 16.9. The Kier molecular flexibility index (Phi) is 6.89. The summed E-state index contributed by atoms with van der Waals surface area (Å²) in [6.45, 7) is 4.81. The molecule has 0 bridgehead atoms. The maximum Gasteiger partial charge on any atom is 0.323 e. The van der Waals surface area contributed by atoms with Gasteiger partial charge in [0.2, 0.25) is 0 Å². The highest BCUT2D eigenvalue weighted by molar-refractivity contribution is 6.00. The fourth-order valence-electron chi connectivity index (χ4n) is 3.80. The van der Waals surface area contributed by atoms with Crippen molar-refractivity contribution in [1.82, 2.24) is 24.8 Å². The van der Waals surface area contributed by atoms with Gasteiger partial charge in [0.05, 0.1) is 18.9 Å². The van der Waals surface area contributed by atoms with Gasteiger partial charge in [0.15, 0.2) is 23.0 Å². The highest BCUT2D eigenvalue weighted by atomic mass is 16.5. The van der Waals surface area contributed by atoms with Gasteiger partial charge in [-0.25, -0.2) is 4.79 Å². The van der Waals surface area contributed by atoms with E-state index in [1.165, 1.54) is 0 Å². The van der Waals surface area contributed by atoms with Gasteiger partial charge in [0.25, 0.3) is 0 Å². The van der Waals surface area contributed by atoms with E-state index in [0.717, 1.165) is 11.1 Å². The number of urea groups is 1. The lowest BCUT2D eigenvalue weighted by molar-refractivity contribution is 0.262. The third kappa shape index (κ3) is 5.32. The van der Waals surface area contributed by atoms with Gasteiger partial charge in [0.1, 0.15) is 0 Å². The Labute approximate surface area is 213 Å². The minimum absolute atomic E-state index is 0.384. The van der Waals surface area contributed by atoms with Gasteiger partial charge in [-0.05, 0) is 62.4 Å². The van der Waals surface area contributed by atoms with Crippen molar-refractivity contribution < 1.29 is 14.3 Å². The fourth-order valence-corrected chi connectivity index (χ4v) is 3.80. The summed E-state index contributed by atoms with van der Waals surface area (Å²) >= 11 is 0. The van der Waals surface area contributed by atoms with E-state index in [9.17, 15) is 4.79 Å². The van der Waals surface area contributed by atoms with Crippen LogP contribution >= 0.6 is 0 Å². The molecule has 0 saturated heterocycles. The van der Waals surface area contributed by atoms with Gasteiger partial charge in [-0.2, -0.15) is 9.61 Å². The van der Waals surface area contributed by atoms with Crippen molar-refractivity contribution in [3.8, 4) is 34.1 Å². The van der Waals surface area contributed by atoms with Crippen molar-refractivity contribution in [3.63, 3.8) is 0 Å². The lowest BCUT2D eigenvalue weighted by Crippen LogP contribution is -2.19. The molecule has 0 saturated carbocycles. The van der Waals surface area contributed by atoms with Crippen LogP contribution in [0.4, 0.5) is 16.2 Å². The molecule has 2 aromatic carbocycles. The first kappa shape index (κ1) is 23.7. The number of aromatic nitrogens is 5. The van der Waals surface area contributed by atoms with Crippen LogP contribution in [0.2, 0.25) is 0 Å². The number of hydrogen-bond donors (Lipinski definition) is 2. The monoisotopic (exact) mass is 495 g/mol. The van der Waals surface area contributed by atoms with E-state index in [1.807, 2.05) is 62.4 Å². The molecule has 5 aromatic rings. The Hall–Kier alpha value is -4.99. The predicted octanol–water partition coefficient (Wildman–Crippen LogP) is 5.29. The molecule has 3 aromatic heterocycles.